The van der Waals surface area contributed by atoms with Crippen LogP contribution in [0.1, 0.15) is 30.0 Å². The third-order valence-electron chi connectivity index (χ3n) is 4.27. The number of rotatable bonds is 4. The minimum atomic E-state index is 0.589. The van der Waals surface area contributed by atoms with Gasteiger partial charge in [-0.1, -0.05) is 30.3 Å². The Hall–Kier alpha value is -1.88. The minimum Gasteiger partial charge on any atom is -0.362 e. The highest BCUT2D eigenvalue weighted by molar-refractivity contribution is 7.80. The first kappa shape index (κ1) is 15.0. The van der Waals surface area contributed by atoms with Gasteiger partial charge < -0.3 is 15.2 Å². The Bertz CT molecular complexity index is 574. The van der Waals surface area contributed by atoms with E-state index >= 15 is 0 Å². The Labute approximate surface area is 136 Å². The molecule has 0 atom stereocenters. The first-order valence-electron chi connectivity index (χ1n) is 7.88. The van der Waals surface area contributed by atoms with Crippen molar-refractivity contribution in [3.05, 3.63) is 54.1 Å². The fraction of sp³-hybridized carbons (Fsp3) is 0.412. The summed E-state index contributed by atoms with van der Waals surface area (Å²) >= 11 is 5.52. The lowest BCUT2D eigenvalue weighted by Crippen LogP contribution is -2.44. The molecule has 1 aromatic carbocycles. The van der Waals surface area contributed by atoms with Gasteiger partial charge in [0.2, 0.25) is 0 Å². The molecule has 1 fully saturated rings. The predicted octanol–water partition coefficient (Wildman–Crippen LogP) is 2.71. The fourth-order valence-corrected chi connectivity index (χ4v) is 3.24. The molecule has 0 radical (unpaired) electrons. The van der Waals surface area contributed by atoms with Gasteiger partial charge in [-0.3, -0.25) is 0 Å². The highest BCUT2D eigenvalue weighted by atomic mass is 32.1. The van der Waals surface area contributed by atoms with Gasteiger partial charge in [0.05, 0.1) is 6.33 Å². The molecule has 5 heteroatoms. The van der Waals surface area contributed by atoms with E-state index in [0.717, 1.165) is 44.0 Å². The molecule has 1 aliphatic heterocycles. The molecule has 1 saturated heterocycles. The summed E-state index contributed by atoms with van der Waals surface area (Å²) in [5.41, 5.74) is 2.60. The molecule has 0 aliphatic carbocycles. The van der Waals surface area contributed by atoms with E-state index < -0.39 is 0 Å². The largest absolute Gasteiger partial charge is 0.362 e. The number of aromatic nitrogens is 2. The number of hydrogen-bond donors (Lipinski definition) is 2. The van der Waals surface area contributed by atoms with Crippen LogP contribution in [0.4, 0.5) is 0 Å². The lowest BCUT2D eigenvalue weighted by atomic mass is 9.94. The zero-order valence-corrected chi connectivity index (χ0v) is 13.5. The minimum absolute atomic E-state index is 0.589. The second-order valence-electron chi connectivity index (χ2n) is 5.74. The summed E-state index contributed by atoms with van der Waals surface area (Å²) in [6.07, 6.45) is 6.96. The second-order valence-corrected chi connectivity index (χ2v) is 6.12. The molecule has 1 aliphatic rings. The van der Waals surface area contributed by atoms with Crippen molar-refractivity contribution in [2.24, 2.45) is 0 Å². The monoisotopic (exact) mass is 314 g/mol. The Kier molecular flexibility index (Phi) is 5.06. The Morgan fingerprint density at radius 1 is 1.27 bits per heavy atom. The number of benzene rings is 1. The molecular formula is C17H22N4S. The van der Waals surface area contributed by atoms with Gasteiger partial charge in [-0.15, -0.1) is 0 Å². The van der Waals surface area contributed by atoms with E-state index in [0.29, 0.717) is 5.92 Å². The molecule has 2 aromatic rings. The maximum Gasteiger partial charge on any atom is 0.168 e. The molecule has 0 saturated carbocycles. The summed E-state index contributed by atoms with van der Waals surface area (Å²) in [7, 11) is 0. The van der Waals surface area contributed by atoms with E-state index in [1.807, 2.05) is 12.3 Å². The summed E-state index contributed by atoms with van der Waals surface area (Å²) in [4.78, 5) is 9.62. The molecular weight excluding hydrogens is 292 g/mol. The van der Waals surface area contributed by atoms with Gasteiger partial charge in [-0.05, 0) is 37.0 Å². The van der Waals surface area contributed by atoms with Crippen molar-refractivity contribution in [3.63, 3.8) is 0 Å². The first-order valence-corrected chi connectivity index (χ1v) is 8.29. The molecule has 116 valence electrons. The topological polar surface area (TPSA) is 44.0 Å². The summed E-state index contributed by atoms with van der Waals surface area (Å²) in [5, 5.41) is 4.28. The lowest BCUT2D eigenvalue weighted by molar-refractivity contribution is 0.307. The molecule has 2 heterocycles. The molecule has 0 bridgehead atoms. The molecule has 0 unspecified atom stereocenters. The van der Waals surface area contributed by atoms with Crippen molar-refractivity contribution in [2.45, 2.75) is 25.2 Å². The van der Waals surface area contributed by atoms with Crippen LogP contribution in [-0.4, -0.2) is 39.6 Å². The van der Waals surface area contributed by atoms with E-state index in [1.165, 1.54) is 11.3 Å². The molecule has 22 heavy (non-hydrogen) atoms. The van der Waals surface area contributed by atoms with Crippen LogP contribution in [-0.2, 0) is 6.42 Å². The van der Waals surface area contributed by atoms with Crippen molar-refractivity contribution in [3.8, 4) is 0 Å². The number of nitrogens with zero attached hydrogens (tertiary/aromatic N) is 2. The van der Waals surface area contributed by atoms with Crippen LogP contribution in [0.2, 0.25) is 0 Å². The number of piperidine rings is 1. The van der Waals surface area contributed by atoms with Gasteiger partial charge >= 0.3 is 0 Å². The van der Waals surface area contributed by atoms with Crippen LogP contribution in [0, 0.1) is 0 Å². The van der Waals surface area contributed by atoms with Crippen LogP contribution in [0.5, 0.6) is 0 Å². The van der Waals surface area contributed by atoms with Gasteiger partial charge in [0.25, 0.3) is 0 Å². The summed E-state index contributed by atoms with van der Waals surface area (Å²) < 4.78 is 0. The number of nitrogens with one attached hydrogen (secondary N) is 2. The van der Waals surface area contributed by atoms with Crippen LogP contribution in [0.3, 0.4) is 0 Å². The van der Waals surface area contributed by atoms with E-state index in [-0.39, 0.29) is 0 Å². The summed E-state index contributed by atoms with van der Waals surface area (Å²) in [5.74, 6) is 0.589. The van der Waals surface area contributed by atoms with Gasteiger partial charge in [0.15, 0.2) is 5.11 Å². The number of aromatic amines is 1. The number of thiocarbonyl (C=S) groups is 1. The quantitative estimate of drug-likeness (QED) is 0.852. The maximum atomic E-state index is 5.52. The summed E-state index contributed by atoms with van der Waals surface area (Å²) in [6.45, 7) is 2.92. The number of hydrogen-bond acceptors (Lipinski definition) is 2. The molecule has 4 nitrogen and oxygen atoms in total. The van der Waals surface area contributed by atoms with Gasteiger partial charge in [0.1, 0.15) is 0 Å². The Balaban J connectivity index is 1.40. The molecule has 3 rings (SSSR count). The third kappa shape index (κ3) is 3.85. The highest BCUT2D eigenvalue weighted by Crippen LogP contribution is 2.26. The van der Waals surface area contributed by atoms with Crippen molar-refractivity contribution in [1.29, 1.82) is 0 Å². The third-order valence-corrected chi connectivity index (χ3v) is 4.68. The average Bonchev–Trinajstić information content (AvgIpc) is 3.10. The van der Waals surface area contributed by atoms with Crippen molar-refractivity contribution in [2.75, 3.05) is 19.6 Å². The molecule has 2 N–H and O–H groups in total. The SMILES string of the molecule is S=C(NCCc1ccccc1)N1CCC(c2cnc[nH]2)CC1. The fourth-order valence-electron chi connectivity index (χ4n) is 2.95. The smallest absolute Gasteiger partial charge is 0.168 e. The first-order chi connectivity index (χ1) is 10.8. The normalized spacial score (nSPS) is 15.7. The van der Waals surface area contributed by atoms with Crippen LogP contribution < -0.4 is 5.32 Å². The Morgan fingerprint density at radius 2 is 2.05 bits per heavy atom. The van der Waals surface area contributed by atoms with E-state index in [2.05, 4.69) is 44.5 Å². The Morgan fingerprint density at radius 3 is 2.73 bits per heavy atom. The van der Waals surface area contributed by atoms with Crippen molar-refractivity contribution >= 4 is 17.3 Å². The zero-order chi connectivity index (χ0) is 15.2. The second kappa shape index (κ2) is 7.40. The van der Waals surface area contributed by atoms with Crippen LogP contribution >= 0.6 is 12.2 Å². The van der Waals surface area contributed by atoms with Gasteiger partial charge in [-0.25, -0.2) is 4.98 Å². The predicted molar refractivity (Wildman–Crippen MR) is 92.9 cm³/mol. The van der Waals surface area contributed by atoms with Gasteiger partial charge in [0, 0.05) is 37.4 Å². The lowest BCUT2D eigenvalue weighted by Gasteiger charge is -2.33. The zero-order valence-electron chi connectivity index (χ0n) is 12.7. The number of H-pyrrole nitrogens is 1. The van der Waals surface area contributed by atoms with Gasteiger partial charge in [-0.2, -0.15) is 0 Å². The van der Waals surface area contributed by atoms with E-state index in [9.17, 15) is 0 Å². The molecule has 1 aromatic heterocycles. The highest BCUT2D eigenvalue weighted by Gasteiger charge is 2.22. The average molecular weight is 314 g/mol. The van der Waals surface area contributed by atoms with Crippen molar-refractivity contribution in [1.82, 2.24) is 20.2 Å². The van der Waals surface area contributed by atoms with Crippen molar-refractivity contribution < 1.29 is 0 Å². The molecule has 0 spiro atoms. The van der Waals surface area contributed by atoms with E-state index in [4.69, 9.17) is 12.2 Å². The number of imidazole rings is 1. The standard InChI is InChI=1S/C17H22N4S/c22-17(19-9-6-14-4-2-1-3-5-14)21-10-7-15(8-11-21)16-12-18-13-20-16/h1-5,12-13,15H,6-11H2,(H,18,20)(H,19,22). The maximum absolute atomic E-state index is 5.52. The number of likely N-dealkylation sites (tertiary alicyclic amines) is 1. The summed E-state index contributed by atoms with van der Waals surface area (Å²) in [6, 6.07) is 10.5. The van der Waals surface area contributed by atoms with E-state index in [1.54, 1.807) is 6.33 Å². The molecule has 0 amide bonds. The van der Waals surface area contributed by atoms with Crippen LogP contribution in [0.15, 0.2) is 42.9 Å². The van der Waals surface area contributed by atoms with Crippen LogP contribution in [0.25, 0.3) is 0 Å².